The van der Waals surface area contributed by atoms with Crippen LogP contribution >= 0.6 is 0 Å². The molecule has 2 aliphatic heterocycles. The Balaban J connectivity index is 1.57. The van der Waals surface area contributed by atoms with Crippen molar-refractivity contribution in [2.24, 2.45) is 5.92 Å². The Kier molecular flexibility index (Phi) is 6.35. The molecule has 1 saturated heterocycles. The van der Waals surface area contributed by atoms with Crippen molar-refractivity contribution in [3.63, 3.8) is 0 Å². The molecule has 2 amide bonds. The van der Waals surface area contributed by atoms with Gasteiger partial charge in [0.15, 0.2) is 6.61 Å². The summed E-state index contributed by atoms with van der Waals surface area (Å²) < 4.78 is 60.0. The van der Waals surface area contributed by atoms with Crippen molar-refractivity contribution in [3.05, 3.63) is 48.0 Å². The summed E-state index contributed by atoms with van der Waals surface area (Å²) in [6.45, 7) is 2.06. The van der Waals surface area contributed by atoms with E-state index < -0.39 is 40.0 Å². The Morgan fingerprint density at radius 2 is 1.88 bits per heavy atom. The van der Waals surface area contributed by atoms with E-state index in [1.807, 2.05) is 0 Å². The average molecular weight is 480 g/mol. The molecule has 0 atom stereocenters. The van der Waals surface area contributed by atoms with Gasteiger partial charge in [0.05, 0.1) is 16.3 Å². The monoisotopic (exact) mass is 479 g/mol. The third kappa shape index (κ3) is 4.83. The van der Waals surface area contributed by atoms with Gasteiger partial charge < -0.3 is 10.1 Å². The molecule has 1 N–H and O–H groups in total. The summed E-state index contributed by atoms with van der Waals surface area (Å²) in [4.78, 5) is 26.1. The number of rotatable bonds is 5. The Hall–Kier alpha value is -3.05. The van der Waals surface area contributed by atoms with Gasteiger partial charge in [0.25, 0.3) is 5.91 Å². The van der Waals surface area contributed by atoms with Gasteiger partial charge in [-0.15, -0.1) is 0 Å². The van der Waals surface area contributed by atoms with E-state index in [1.165, 1.54) is 22.5 Å². The van der Waals surface area contributed by atoms with E-state index in [0.717, 1.165) is 29.9 Å². The van der Waals surface area contributed by atoms with E-state index in [-0.39, 0.29) is 28.6 Å². The first kappa shape index (κ1) is 23.1. The van der Waals surface area contributed by atoms with Crippen molar-refractivity contribution in [1.82, 2.24) is 4.31 Å². The van der Waals surface area contributed by atoms with Crippen molar-refractivity contribution in [1.29, 1.82) is 0 Å². The molecule has 0 aliphatic carbocycles. The molecule has 0 bridgehead atoms. The minimum absolute atomic E-state index is 0.0101. The van der Waals surface area contributed by atoms with Gasteiger partial charge in [-0.25, -0.2) is 17.2 Å². The van der Waals surface area contributed by atoms with E-state index >= 15 is 0 Å². The molecule has 2 aliphatic rings. The Labute approximate surface area is 190 Å². The van der Waals surface area contributed by atoms with Gasteiger partial charge in [0.2, 0.25) is 15.9 Å². The lowest BCUT2D eigenvalue weighted by molar-refractivity contribution is -0.123. The first-order valence-electron chi connectivity index (χ1n) is 10.5. The summed E-state index contributed by atoms with van der Waals surface area (Å²) in [5.41, 5.74) is -0.106. The molecule has 0 radical (unpaired) electrons. The maximum absolute atomic E-state index is 13.9. The molecule has 0 spiro atoms. The van der Waals surface area contributed by atoms with Crippen LogP contribution in [0.15, 0.2) is 41.3 Å². The smallest absolute Gasteiger partial charge is 0.265 e. The predicted molar refractivity (Wildman–Crippen MR) is 116 cm³/mol. The molecular weight excluding hydrogens is 456 g/mol. The normalized spacial score (nSPS) is 17.4. The Bertz CT molecular complexity index is 1200. The van der Waals surface area contributed by atoms with Crippen molar-refractivity contribution in [3.8, 4) is 5.75 Å². The molecule has 2 aromatic carbocycles. The van der Waals surface area contributed by atoms with E-state index in [4.69, 9.17) is 4.74 Å². The Morgan fingerprint density at radius 3 is 2.58 bits per heavy atom. The lowest BCUT2D eigenvalue weighted by Gasteiger charge is -2.31. The van der Waals surface area contributed by atoms with Crippen LogP contribution in [-0.2, 0) is 19.6 Å². The van der Waals surface area contributed by atoms with Gasteiger partial charge in [0, 0.05) is 19.2 Å². The number of nitrogens with one attached hydrogen (secondary N) is 1. The van der Waals surface area contributed by atoms with Crippen LogP contribution in [0.1, 0.15) is 19.8 Å². The molecule has 2 heterocycles. The highest BCUT2D eigenvalue weighted by molar-refractivity contribution is 7.89. The molecule has 1 fully saturated rings. The number of carbonyl (C=O) groups is 2. The van der Waals surface area contributed by atoms with Crippen LogP contribution in [0, 0.1) is 17.6 Å². The van der Waals surface area contributed by atoms with Crippen LogP contribution in [0.2, 0.25) is 0 Å². The molecule has 0 saturated carbocycles. The van der Waals surface area contributed by atoms with Crippen LogP contribution in [0.4, 0.5) is 20.2 Å². The molecule has 11 heteroatoms. The predicted octanol–water partition coefficient (Wildman–Crippen LogP) is 2.75. The first-order valence-corrected chi connectivity index (χ1v) is 11.9. The van der Waals surface area contributed by atoms with Crippen molar-refractivity contribution < 1.29 is 31.5 Å². The molecule has 176 valence electrons. The van der Waals surface area contributed by atoms with Crippen LogP contribution in [-0.4, -0.2) is 50.8 Å². The summed E-state index contributed by atoms with van der Waals surface area (Å²) >= 11 is 0. The number of carbonyl (C=O) groups excluding carboxylic acids is 2. The summed E-state index contributed by atoms with van der Waals surface area (Å²) in [5.74, 6) is -2.34. The third-order valence-electron chi connectivity index (χ3n) is 5.76. The van der Waals surface area contributed by atoms with Gasteiger partial charge >= 0.3 is 0 Å². The summed E-state index contributed by atoms with van der Waals surface area (Å²) in [6, 6.07) is 6.86. The van der Waals surface area contributed by atoms with Crippen molar-refractivity contribution in [2.45, 2.75) is 24.7 Å². The SMILES string of the molecule is CC1CCN(S(=O)(=O)c2ccc3c(c2)N(CC(=O)Nc2ccc(F)cc2F)C(=O)CO3)CC1. The molecule has 0 aromatic heterocycles. The zero-order chi connectivity index (χ0) is 23.8. The second-order valence-corrected chi connectivity index (χ2v) is 10.1. The largest absolute Gasteiger partial charge is 0.482 e. The van der Waals surface area contributed by atoms with Crippen LogP contribution in [0.25, 0.3) is 0 Å². The second-order valence-electron chi connectivity index (χ2n) is 8.16. The van der Waals surface area contributed by atoms with Gasteiger partial charge in [0.1, 0.15) is 23.9 Å². The zero-order valence-corrected chi connectivity index (χ0v) is 18.7. The number of anilines is 2. The van der Waals surface area contributed by atoms with Crippen molar-refractivity contribution in [2.75, 3.05) is 36.5 Å². The van der Waals surface area contributed by atoms with E-state index in [0.29, 0.717) is 25.1 Å². The minimum atomic E-state index is -3.79. The highest BCUT2D eigenvalue weighted by atomic mass is 32.2. The molecular formula is C22H23F2N3O5S. The highest BCUT2D eigenvalue weighted by Gasteiger charge is 2.32. The van der Waals surface area contributed by atoms with E-state index in [1.54, 1.807) is 0 Å². The first-order chi connectivity index (χ1) is 15.6. The molecule has 0 unspecified atom stereocenters. The number of ether oxygens (including phenoxy) is 1. The van der Waals surface area contributed by atoms with Crippen LogP contribution < -0.4 is 15.0 Å². The standard InChI is InChI=1S/C22H23F2N3O5S/c1-14-6-8-26(9-7-14)33(30,31)16-3-5-20-19(11-16)27(22(29)13-32-20)12-21(28)25-18-4-2-15(23)10-17(18)24/h2-5,10-11,14H,6-9,12-13H2,1H3,(H,25,28). The number of halogens is 2. The van der Waals surface area contributed by atoms with Gasteiger partial charge in [-0.2, -0.15) is 4.31 Å². The van der Waals surface area contributed by atoms with Gasteiger partial charge in [-0.05, 0) is 49.1 Å². The fraction of sp³-hybridized carbons (Fsp3) is 0.364. The lowest BCUT2D eigenvalue weighted by Crippen LogP contribution is -2.43. The number of nitrogens with zero attached hydrogens (tertiary/aromatic N) is 2. The van der Waals surface area contributed by atoms with Crippen LogP contribution in [0.3, 0.4) is 0 Å². The second kappa shape index (κ2) is 9.06. The van der Waals surface area contributed by atoms with Crippen LogP contribution in [0.5, 0.6) is 5.75 Å². The number of amides is 2. The number of sulfonamides is 1. The fourth-order valence-corrected chi connectivity index (χ4v) is 5.30. The number of piperidine rings is 1. The number of fused-ring (bicyclic) bond motifs is 1. The summed E-state index contributed by atoms with van der Waals surface area (Å²) in [7, 11) is -3.79. The maximum Gasteiger partial charge on any atom is 0.265 e. The van der Waals surface area contributed by atoms with Gasteiger partial charge in [-0.3, -0.25) is 14.5 Å². The number of hydrogen-bond donors (Lipinski definition) is 1. The average Bonchev–Trinajstić information content (AvgIpc) is 2.77. The molecule has 8 nitrogen and oxygen atoms in total. The summed E-state index contributed by atoms with van der Waals surface area (Å²) in [6.07, 6.45) is 1.52. The Morgan fingerprint density at radius 1 is 1.15 bits per heavy atom. The molecule has 2 aromatic rings. The molecule has 4 rings (SSSR count). The topological polar surface area (TPSA) is 96.0 Å². The molecule has 33 heavy (non-hydrogen) atoms. The summed E-state index contributed by atoms with van der Waals surface area (Å²) in [5, 5.41) is 2.29. The van der Waals surface area contributed by atoms with Gasteiger partial charge in [-0.1, -0.05) is 6.92 Å². The highest BCUT2D eigenvalue weighted by Crippen LogP contribution is 2.35. The zero-order valence-electron chi connectivity index (χ0n) is 17.9. The quantitative estimate of drug-likeness (QED) is 0.712. The number of hydrogen-bond acceptors (Lipinski definition) is 5. The van der Waals surface area contributed by atoms with Crippen molar-refractivity contribution >= 4 is 33.2 Å². The number of benzene rings is 2. The lowest BCUT2D eigenvalue weighted by atomic mass is 10.0. The fourth-order valence-electron chi connectivity index (χ4n) is 3.81. The maximum atomic E-state index is 13.9. The van der Waals surface area contributed by atoms with E-state index in [9.17, 15) is 26.8 Å². The van der Waals surface area contributed by atoms with E-state index in [2.05, 4.69) is 12.2 Å². The third-order valence-corrected chi connectivity index (χ3v) is 7.66. The minimum Gasteiger partial charge on any atom is -0.482 e.